The highest BCUT2D eigenvalue weighted by atomic mass is 79.9. The summed E-state index contributed by atoms with van der Waals surface area (Å²) in [5, 5.41) is 12.7. The minimum atomic E-state index is -0.326. The summed E-state index contributed by atoms with van der Waals surface area (Å²) in [5.74, 6) is 0. The number of nitro benzene ring substituents is 1. The molecule has 0 N–H and O–H groups in total. The first kappa shape index (κ1) is 11.2. The smallest absolute Gasteiger partial charge is 0.258 e. The first-order valence-electron chi connectivity index (χ1n) is 5.09. The Hall–Kier alpha value is -0.940. The van der Waals surface area contributed by atoms with Gasteiger partial charge < -0.3 is 0 Å². The molecule has 5 heteroatoms. The predicted octanol–water partition coefficient (Wildman–Crippen LogP) is 4.63. The van der Waals surface area contributed by atoms with Crippen LogP contribution in [0.15, 0.2) is 30.3 Å². The SMILES string of the molecule is O=[N+]([O-])c1ccc2c3c(cccc13)[C@H](Br)[C@H]2Br. The maximum absolute atomic E-state index is 11.0. The fraction of sp³-hybridized carbons (Fsp3) is 0.167. The van der Waals surface area contributed by atoms with Gasteiger partial charge in [0, 0.05) is 6.07 Å². The number of hydrogen-bond acceptors (Lipinski definition) is 2. The molecule has 0 saturated carbocycles. The van der Waals surface area contributed by atoms with Crippen molar-refractivity contribution in [1.82, 2.24) is 0 Å². The molecule has 86 valence electrons. The van der Waals surface area contributed by atoms with E-state index in [2.05, 4.69) is 31.9 Å². The van der Waals surface area contributed by atoms with E-state index in [1.54, 1.807) is 6.07 Å². The second kappa shape index (κ2) is 3.78. The largest absolute Gasteiger partial charge is 0.277 e. The number of nitrogens with zero attached hydrogens (tertiary/aromatic N) is 1. The van der Waals surface area contributed by atoms with Crippen molar-refractivity contribution in [3.63, 3.8) is 0 Å². The van der Waals surface area contributed by atoms with E-state index in [1.807, 2.05) is 24.3 Å². The zero-order valence-electron chi connectivity index (χ0n) is 8.56. The van der Waals surface area contributed by atoms with Gasteiger partial charge in [-0.3, -0.25) is 10.1 Å². The van der Waals surface area contributed by atoms with Crippen LogP contribution in [0, 0.1) is 10.1 Å². The molecule has 0 saturated heterocycles. The minimum Gasteiger partial charge on any atom is -0.258 e. The maximum Gasteiger partial charge on any atom is 0.277 e. The molecule has 0 spiro atoms. The van der Waals surface area contributed by atoms with Crippen molar-refractivity contribution in [2.24, 2.45) is 0 Å². The van der Waals surface area contributed by atoms with E-state index in [0.717, 1.165) is 21.9 Å². The maximum atomic E-state index is 11.0. The fourth-order valence-corrected chi connectivity index (χ4v) is 3.71. The second-order valence-corrected chi connectivity index (χ2v) is 5.98. The summed E-state index contributed by atoms with van der Waals surface area (Å²) in [4.78, 5) is 11.0. The molecule has 0 aromatic heterocycles. The van der Waals surface area contributed by atoms with Crippen LogP contribution in [-0.2, 0) is 0 Å². The Kier molecular flexibility index (Phi) is 2.48. The highest BCUT2D eigenvalue weighted by Gasteiger charge is 2.32. The Balaban J connectivity index is 2.46. The van der Waals surface area contributed by atoms with Crippen molar-refractivity contribution < 1.29 is 4.92 Å². The number of halogens is 2. The summed E-state index contributed by atoms with van der Waals surface area (Å²) < 4.78 is 0. The Morgan fingerprint density at radius 3 is 2.35 bits per heavy atom. The van der Waals surface area contributed by atoms with Gasteiger partial charge in [0.2, 0.25) is 0 Å². The topological polar surface area (TPSA) is 43.1 Å². The number of nitro groups is 1. The highest BCUT2D eigenvalue weighted by Crippen LogP contribution is 2.53. The van der Waals surface area contributed by atoms with Gasteiger partial charge in [0.1, 0.15) is 0 Å². The summed E-state index contributed by atoms with van der Waals surface area (Å²) in [6, 6.07) is 9.11. The van der Waals surface area contributed by atoms with Crippen LogP contribution in [0.5, 0.6) is 0 Å². The van der Waals surface area contributed by atoms with Crippen LogP contribution in [0.3, 0.4) is 0 Å². The van der Waals surface area contributed by atoms with Gasteiger partial charge in [-0.15, -0.1) is 0 Å². The Labute approximate surface area is 114 Å². The summed E-state index contributed by atoms with van der Waals surface area (Å²) in [6.07, 6.45) is 0. The van der Waals surface area contributed by atoms with Gasteiger partial charge in [0.05, 0.1) is 20.0 Å². The van der Waals surface area contributed by atoms with Crippen molar-refractivity contribution in [3.05, 3.63) is 51.6 Å². The predicted molar refractivity (Wildman–Crippen MR) is 73.9 cm³/mol. The van der Waals surface area contributed by atoms with Crippen molar-refractivity contribution in [3.8, 4) is 0 Å². The van der Waals surface area contributed by atoms with E-state index in [-0.39, 0.29) is 20.3 Å². The molecule has 0 radical (unpaired) electrons. The third-order valence-electron chi connectivity index (χ3n) is 3.13. The van der Waals surface area contributed by atoms with E-state index in [0.29, 0.717) is 0 Å². The lowest BCUT2D eigenvalue weighted by Gasteiger charge is -2.06. The first-order chi connectivity index (χ1) is 8.11. The molecule has 1 aliphatic carbocycles. The zero-order valence-corrected chi connectivity index (χ0v) is 11.7. The monoisotopic (exact) mass is 355 g/mol. The standard InChI is InChI=1S/C12H7Br2NO2/c13-11-7-3-1-2-6-9(15(16)17)5-4-8(10(6)7)12(11)14/h1-5,11-12H/t11-,12-/m0/s1. The van der Waals surface area contributed by atoms with Crippen molar-refractivity contribution in [2.45, 2.75) is 9.65 Å². The molecule has 1 aliphatic rings. The van der Waals surface area contributed by atoms with Crippen molar-refractivity contribution in [2.75, 3.05) is 0 Å². The van der Waals surface area contributed by atoms with Crippen LogP contribution < -0.4 is 0 Å². The van der Waals surface area contributed by atoms with Gasteiger partial charge in [-0.2, -0.15) is 0 Å². The van der Waals surface area contributed by atoms with Gasteiger partial charge in [-0.25, -0.2) is 0 Å². The molecule has 3 rings (SSSR count). The van der Waals surface area contributed by atoms with E-state index < -0.39 is 0 Å². The van der Waals surface area contributed by atoms with E-state index in [1.165, 1.54) is 0 Å². The molecule has 0 aliphatic heterocycles. The van der Waals surface area contributed by atoms with Gasteiger partial charge in [0.25, 0.3) is 5.69 Å². The lowest BCUT2D eigenvalue weighted by molar-refractivity contribution is -0.383. The molecule has 3 nitrogen and oxygen atoms in total. The average Bonchev–Trinajstić information content (AvgIpc) is 2.57. The van der Waals surface area contributed by atoms with Gasteiger partial charge >= 0.3 is 0 Å². The third-order valence-corrected chi connectivity index (χ3v) is 5.88. The van der Waals surface area contributed by atoms with Crippen molar-refractivity contribution in [1.29, 1.82) is 0 Å². The minimum absolute atomic E-state index is 0.170. The van der Waals surface area contributed by atoms with Crippen LogP contribution in [0.1, 0.15) is 20.8 Å². The van der Waals surface area contributed by atoms with Crippen LogP contribution in [-0.4, -0.2) is 4.92 Å². The van der Waals surface area contributed by atoms with Gasteiger partial charge in [0.15, 0.2) is 0 Å². The molecular formula is C12H7Br2NO2. The third kappa shape index (κ3) is 1.45. The number of hydrogen-bond donors (Lipinski definition) is 0. The quantitative estimate of drug-likeness (QED) is 0.424. The second-order valence-electron chi connectivity index (χ2n) is 4.00. The van der Waals surface area contributed by atoms with Crippen LogP contribution in [0.2, 0.25) is 0 Å². The molecule has 0 fully saturated rings. The molecular weight excluding hydrogens is 350 g/mol. The Bertz CT molecular complexity index is 627. The summed E-state index contributed by atoms with van der Waals surface area (Å²) in [6.45, 7) is 0. The van der Waals surface area contributed by atoms with E-state index >= 15 is 0 Å². The number of benzene rings is 2. The molecule has 2 atom stereocenters. The summed E-state index contributed by atoms with van der Waals surface area (Å²) >= 11 is 7.24. The molecule has 2 aromatic rings. The molecule has 0 amide bonds. The van der Waals surface area contributed by atoms with E-state index in [9.17, 15) is 10.1 Å². The van der Waals surface area contributed by atoms with Crippen LogP contribution >= 0.6 is 31.9 Å². The van der Waals surface area contributed by atoms with Gasteiger partial charge in [-0.1, -0.05) is 50.1 Å². The molecule has 0 heterocycles. The van der Waals surface area contributed by atoms with Gasteiger partial charge in [-0.05, 0) is 22.6 Å². The summed E-state index contributed by atoms with van der Waals surface area (Å²) in [5.41, 5.74) is 2.40. The number of rotatable bonds is 1. The summed E-state index contributed by atoms with van der Waals surface area (Å²) in [7, 11) is 0. The van der Waals surface area contributed by atoms with Crippen LogP contribution in [0.4, 0.5) is 5.69 Å². The fourth-order valence-electron chi connectivity index (χ4n) is 2.38. The molecule has 0 bridgehead atoms. The number of alkyl halides is 2. The lowest BCUT2D eigenvalue weighted by Crippen LogP contribution is -1.91. The zero-order chi connectivity index (χ0) is 12.2. The first-order valence-corrected chi connectivity index (χ1v) is 6.92. The van der Waals surface area contributed by atoms with E-state index in [4.69, 9.17) is 0 Å². The average molecular weight is 357 g/mol. The highest BCUT2D eigenvalue weighted by molar-refractivity contribution is 9.12. The Morgan fingerprint density at radius 1 is 1.06 bits per heavy atom. The Morgan fingerprint density at radius 2 is 1.71 bits per heavy atom. The molecule has 17 heavy (non-hydrogen) atoms. The van der Waals surface area contributed by atoms with Crippen LogP contribution in [0.25, 0.3) is 10.8 Å². The molecule has 2 aromatic carbocycles. The lowest BCUT2D eigenvalue weighted by atomic mass is 10.0. The normalized spacial score (nSPS) is 22.0. The molecule has 0 unspecified atom stereocenters. The number of non-ortho nitro benzene ring substituents is 1. The van der Waals surface area contributed by atoms with Crippen molar-refractivity contribution >= 4 is 48.3 Å².